The van der Waals surface area contributed by atoms with Crippen molar-refractivity contribution in [1.82, 2.24) is 9.80 Å². The predicted octanol–water partition coefficient (Wildman–Crippen LogP) is 2.87. The summed E-state index contributed by atoms with van der Waals surface area (Å²) >= 11 is 0. The Bertz CT molecular complexity index is 595. The smallest absolute Gasteiger partial charge is 0.228 e. The lowest BCUT2D eigenvalue weighted by Crippen LogP contribution is -2.42. The normalized spacial score (nSPS) is 16.0. The summed E-state index contributed by atoms with van der Waals surface area (Å²) in [7, 11) is 0. The summed E-state index contributed by atoms with van der Waals surface area (Å²) in [6.07, 6.45) is 1.49. The lowest BCUT2D eigenvalue weighted by Gasteiger charge is -2.28. The van der Waals surface area contributed by atoms with Crippen LogP contribution in [0, 0.1) is 11.2 Å². The van der Waals surface area contributed by atoms with E-state index in [0.29, 0.717) is 44.6 Å². The first-order valence-electron chi connectivity index (χ1n) is 8.59. The molecule has 0 N–H and O–H groups in total. The molecule has 4 nitrogen and oxygen atoms in total. The highest BCUT2D eigenvalue weighted by molar-refractivity contribution is 5.82. The topological polar surface area (TPSA) is 40.6 Å². The molecule has 0 radical (unpaired) electrons. The Morgan fingerprint density at radius 1 is 1.04 bits per heavy atom. The number of benzene rings is 1. The Labute approximate surface area is 143 Å². The van der Waals surface area contributed by atoms with Crippen LogP contribution >= 0.6 is 0 Å². The maximum absolute atomic E-state index is 13.6. The number of rotatable bonds is 3. The molecule has 24 heavy (non-hydrogen) atoms. The lowest BCUT2D eigenvalue weighted by atomic mass is 9.94. The van der Waals surface area contributed by atoms with Gasteiger partial charge >= 0.3 is 0 Å². The fourth-order valence-electron chi connectivity index (χ4n) is 2.95. The summed E-state index contributed by atoms with van der Waals surface area (Å²) in [5, 5.41) is 0. The molecule has 1 fully saturated rings. The third-order valence-corrected chi connectivity index (χ3v) is 4.34. The van der Waals surface area contributed by atoms with Gasteiger partial charge in [0.1, 0.15) is 5.82 Å². The number of amides is 2. The largest absolute Gasteiger partial charge is 0.341 e. The quantitative estimate of drug-likeness (QED) is 0.853. The van der Waals surface area contributed by atoms with Crippen molar-refractivity contribution < 1.29 is 14.0 Å². The maximum Gasteiger partial charge on any atom is 0.228 e. The summed E-state index contributed by atoms with van der Waals surface area (Å²) in [5.41, 5.74) is 0.175. The zero-order chi connectivity index (χ0) is 17.7. The van der Waals surface area contributed by atoms with Crippen molar-refractivity contribution in [2.45, 2.75) is 40.0 Å². The minimum atomic E-state index is -0.399. The number of carbonyl (C=O) groups is 2. The van der Waals surface area contributed by atoms with Gasteiger partial charge in [-0.05, 0) is 24.5 Å². The minimum absolute atomic E-state index is 0.0308. The van der Waals surface area contributed by atoms with E-state index in [2.05, 4.69) is 0 Å². The molecule has 1 aromatic carbocycles. The van der Waals surface area contributed by atoms with Gasteiger partial charge in [-0.25, -0.2) is 4.39 Å². The molecule has 2 amide bonds. The van der Waals surface area contributed by atoms with Gasteiger partial charge in [0, 0.05) is 38.0 Å². The molecule has 0 spiro atoms. The standard InChI is InChI=1S/C19H27FN2O2/c1-19(2,3)18(24)22-12-6-11-21(13-14-22)17(23)10-9-15-7-4-5-8-16(15)20/h4-5,7-8H,6,9-14H2,1-3H3. The van der Waals surface area contributed by atoms with Gasteiger partial charge in [-0.2, -0.15) is 0 Å². The minimum Gasteiger partial charge on any atom is -0.341 e. The zero-order valence-corrected chi connectivity index (χ0v) is 14.8. The molecule has 0 bridgehead atoms. The molecule has 1 saturated heterocycles. The Morgan fingerprint density at radius 3 is 2.33 bits per heavy atom. The van der Waals surface area contributed by atoms with E-state index in [1.165, 1.54) is 6.07 Å². The van der Waals surface area contributed by atoms with Crippen LogP contribution in [-0.2, 0) is 16.0 Å². The number of aryl methyl sites for hydroxylation is 1. The number of carbonyl (C=O) groups excluding carboxylic acids is 2. The van der Waals surface area contributed by atoms with E-state index in [-0.39, 0.29) is 17.6 Å². The van der Waals surface area contributed by atoms with Crippen molar-refractivity contribution in [3.8, 4) is 0 Å². The van der Waals surface area contributed by atoms with E-state index < -0.39 is 5.41 Å². The first-order valence-corrected chi connectivity index (χ1v) is 8.59. The fraction of sp³-hybridized carbons (Fsp3) is 0.579. The molecule has 1 heterocycles. The second-order valence-corrected chi connectivity index (χ2v) is 7.37. The third-order valence-electron chi connectivity index (χ3n) is 4.34. The molecule has 0 aromatic heterocycles. The van der Waals surface area contributed by atoms with Gasteiger partial charge in [-0.3, -0.25) is 9.59 Å². The molecule has 1 aliphatic rings. The fourth-order valence-corrected chi connectivity index (χ4v) is 2.95. The van der Waals surface area contributed by atoms with E-state index in [1.54, 1.807) is 23.1 Å². The van der Waals surface area contributed by atoms with Crippen LogP contribution in [0.5, 0.6) is 0 Å². The number of nitrogens with zero attached hydrogens (tertiary/aromatic N) is 2. The summed E-state index contributed by atoms with van der Waals surface area (Å²) in [5.74, 6) is -0.102. The highest BCUT2D eigenvalue weighted by Gasteiger charge is 2.29. The van der Waals surface area contributed by atoms with Gasteiger partial charge in [-0.15, -0.1) is 0 Å². The van der Waals surface area contributed by atoms with E-state index in [9.17, 15) is 14.0 Å². The number of hydrogen-bond donors (Lipinski definition) is 0. The predicted molar refractivity (Wildman–Crippen MR) is 92.0 cm³/mol. The molecule has 0 saturated carbocycles. The van der Waals surface area contributed by atoms with Gasteiger partial charge in [0.05, 0.1) is 0 Å². The SMILES string of the molecule is CC(C)(C)C(=O)N1CCCN(C(=O)CCc2ccccc2F)CC1. The van der Waals surface area contributed by atoms with Gasteiger partial charge in [0.25, 0.3) is 0 Å². The van der Waals surface area contributed by atoms with Crippen molar-refractivity contribution >= 4 is 11.8 Å². The molecule has 0 unspecified atom stereocenters. The highest BCUT2D eigenvalue weighted by Crippen LogP contribution is 2.19. The van der Waals surface area contributed by atoms with Crippen LogP contribution in [0.1, 0.15) is 39.2 Å². The van der Waals surface area contributed by atoms with Gasteiger partial charge < -0.3 is 9.80 Å². The van der Waals surface area contributed by atoms with Crippen molar-refractivity contribution in [2.24, 2.45) is 5.41 Å². The van der Waals surface area contributed by atoms with Crippen LogP contribution in [0.3, 0.4) is 0 Å². The Morgan fingerprint density at radius 2 is 1.67 bits per heavy atom. The Hall–Kier alpha value is -1.91. The van der Waals surface area contributed by atoms with Crippen LogP contribution < -0.4 is 0 Å². The van der Waals surface area contributed by atoms with Crippen LogP contribution in [0.2, 0.25) is 0 Å². The Kier molecular flexibility index (Phi) is 5.97. The molecule has 1 aromatic rings. The zero-order valence-electron chi connectivity index (χ0n) is 14.8. The molecule has 132 valence electrons. The molecular weight excluding hydrogens is 307 g/mol. The van der Waals surface area contributed by atoms with Gasteiger partial charge in [0.2, 0.25) is 11.8 Å². The summed E-state index contributed by atoms with van der Waals surface area (Å²) in [6.45, 7) is 8.21. The first-order chi connectivity index (χ1) is 11.3. The molecule has 0 aliphatic carbocycles. The molecule has 5 heteroatoms. The maximum atomic E-state index is 13.6. The second-order valence-electron chi connectivity index (χ2n) is 7.37. The van der Waals surface area contributed by atoms with Crippen LogP contribution in [0.4, 0.5) is 4.39 Å². The summed E-state index contributed by atoms with van der Waals surface area (Å²) < 4.78 is 13.6. The van der Waals surface area contributed by atoms with E-state index in [1.807, 2.05) is 25.7 Å². The Balaban J connectivity index is 1.88. The summed E-state index contributed by atoms with van der Waals surface area (Å²) in [6, 6.07) is 6.57. The second kappa shape index (κ2) is 7.77. The summed E-state index contributed by atoms with van der Waals surface area (Å²) in [4.78, 5) is 28.4. The molecule has 2 rings (SSSR count). The lowest BCUT2D eigenvalue weighted by molar-refractivity contribution is -0.139. The van der Waals surface area contributed by atoms with E-state index in [4.69, 9.17) is 0 Å². The van der Waals surface area contributed by atoms with Crippen molar-refractivity contribution in [3.63, 3.8) is 0 Å². The molecular formula is C19H27FN2O2. The highest BCUT2D eigenvalue weighted by atomic mass is 19.1. The first kappa shape index (κ1) is 18.4. The van der Waals surface area contributed by atoms with Gasteiger partial charge in [-0.1, -0.05) is 39.0 Å². The van der Waals surface area contributed by atoms with Gasteiger partial charge in [0.15, 0.2) is 0 Å². The van der Waals surface area contributed by atoms with E-state index in [0.717, 1.165) is 6.42 Å². The van der Waals surface area contributed by atoms with Crippen molar-refractivity contribution in [2.75, 3.05) is 26.2 Å². The average Bonchev–Trinajstić information content (AvgIpc) is 2.78. The third kappa shape index (κ3) is 4.79. The van der Waals surface area contributed by atoms with Crippen LogP contribution in [-0.4, -0.2) is 47.8 Å². The van der Waals surface area contributed by atoms with Crippen LogP contribution in [0.15, 0.2) is 24.3 Å². The van der Waals surface area contributed by atoms with Crippen molar-refractivity contribution in [1.29, 1.82) is 0 Å². The van der Waals surface area contributed by atoms with Crippen LogP contribution in [0.25, 0.3) is 0 Å². The van der Waals surface area contributed by atoms with E-state index >= 15 is 0 Å². The average molecular weight is 334 g/mol. The number of hydrogen-bond acceptors (Lipinski definition) is 2. The molecule has 0 atom stereocenters. The van der Waals surface area contributed by atoms with Crippen molar-refractivity contribution in [3.05, 3.63) is 35.6 Å². The monoisotopic (exact) mass is 334 g/mol. The number of halogens is 1. The molecule has 1 aliphatic heterocycles.